The van der Waals surface area contributed by atoms with E-state index in [2.05, 4.69) is 0 Å². The molecule has 0 radical (unpaired) electrons. The van der Waals surface area contributed by atoms with Gasteiger partial charge in [0.05, 0.1) is 6.42 Å². The molecular weight excluding hydrogens is 188 g/mol. The van der Waals surface area contributed by atoms with Crippen LogP contribution in [0.2, 0.25) is 0 Å². The zero-order valence-corrected chi connectivity index (χ0v) is 7.77. The summed E-state index contributed by atoms with van der Waals surface area (Å²) >= 11 is 0. The number of carboxylic acid groups (broad SMARTS) is 1. The first kappa shape index (κ1) is 10.7. The third kappa shape index (κ3) is 2.86. The number of methoxy groups -OCH3 is 1. The first-order chi connectivity index (χ1) is 6.63. The van der Waals surface area contributed by atoms with Crippen LogP contribution >= 0.6 is 0 Å². The van der Waals surface area contributed by atoms with E-state index in [1.54, 1.807) is 12.1 Å². The Morgan fingerprint density at radius 3 is 2.93 bits per heavy atom. The zero-order valence-electron chi connectivity index (χ0n) is 7.77. The van der Waals surface area contributed by atoms with Crippen molar-refractivity contribution in [1.82, 2.24) is 0 Å². The molecule has 2 N–H and O–H groups in total. The highest BCUT2D eigenvalue weighted by Crippen LogP contribution is 2.19. The molecule has 0 aromatic carbocycles. The maximum absolute atomic E-state index is 10.3. The Hall–Kier alpha value is -1.33. The van der Waals surface area contributed by atoms with Gasteiger partial charge in [0.1, 0.15) is 24.2 Å². The summed E-state index contributed by atoms with van der Waals surface area (Å²) in [5.74, 6) is -0.256. The summed E-state index contributed by atoms with van der Waals surface area (Å²) in [7, 11) is 1.52. The first-order valence-corrected chi connectivity index (χ1v) is 4.11. The molecule has 1 aromatic rings. The lowest BCUT2D eigenvalue weighted by molar-refractivity contribution is -0.139. The van der Waals surface area contributed by atoms with Crippen LogP contribution in [0, 0.1) is 0 Å². The summed E-state index contributed by atoms with van der Waals surface area (Å²) in [6.07, 6.45) is -1.46. The van der Waals surface area contributed by atoms with Crippen LogP contribution in [0.1, 0.15) is 24.0 Å². The van der Waals surface area contributed by atoms with Crippen molar-refractivity contribution in [3.8, 4) is 0 Å². The van der Waals surface area contributed by atoms with Crippen molar-refractivity contribution in [2.24, 2.45) is 0 Å². The predicted molar refractivity (Wildman–Crippen MR) is 46.6 cm³/mol. The molecular formula is C9H12O5. The van der Waals surface area contributed by atoms with Crippen LogP contribution in [-0.2, 0) is 16.1 Å². The second kappa shape index (κ2) is 4.78. The highest BCUT2D eigenvalue weighted by molar-refractivity contribution is 5.67. The van der Waals surface area contributed by atoms with Gasteiger partial charge >= 0.3 is 5.97 Å². The summed E-state index contributed by atoms with van der Waals surface area (Å²) in [6.45, 7) is 0.305. The van der Waals surface area contributed by atoms with E-state index in [0.717, 1.165) is 0 Å². The van der Waals surface area contributed by atoms with Crippen molar-refractivity contribution in [1.29, 1.82) is 0 Å². The third-order valence-electron chi connectivity index (χ3n) is 1.67. The summed E-state index contributed by atoms with van der Waals surface area (Å²) in [5, 5.41) is 17.8. The van der Waals surface area contributed by atoms with Gasteiger partial charge in [-0.25, -0.2) is 0 Å². The van der Waals surface area contributed by atoms with Crippen molar-refractivity contribution < 1.29 is 24.2 Å². The van der Waals surface area contributed by atoms with Crippen LogP contribution in [-0.4, -0.2) is 23.3 Å². The fourth-order valence-corrected chi connectivity index (χ4v) is 1.06. The molecule has 0 saturated heterocycles. The Morgan fingerprint density at radius 1 is 1.64 bits per heavy atom. The van der Waals surface area contributed by atoms with Gasteiger partial charge < -0.3 is 19.4 Å². The lowest BCUT2D eigenvalue weighted by Gasteiger charge is -2.03. The molecule has 1 rings (SSSR count). The van der Waals surface area contributed by atoms with Crippen molar-refractivity contribution >= 4 is 5.97 Å². The van der Waals surface area contributed by atoms with Crippen molar-refractivity contribution in [3.05, 3.63) is 23.7 Å². The van der Waals surface area contributed by atoms with Gasteiger partial charge in [0.25, 0.3) is 0 Å². The van der Waals surface area contributed by atoms with E-state index < -0.39 is 12.1 Å². The van der Waals surface area contributed by atoms with Crippen LogP contribution in [0.4, 0.5) is 0 Å². The maximum atomic E-state index is 10.3. The Kier molecular flexibility index (Phi) is 3.67. The van der Waals surface area contributed by atoms with Crippen LogP contribution in [0.25, 0.3) is 0 Å². The number of carboxylic acids is 1. The van der Waals surface area contributed by atoms with Crippen molar-refractivity contribution in [2.45, 2.75) is 19.1 Å². The molecule has 1 aromatic heterocycles. The van der Waals surface area contributed by atoms with Crippen LogP contribution < -0.4 is 0 Å². The van der Waals surface area contributed by atoms with Crippen LogP contribution in [0.15, 0.2) is 16.5 Å². The van der Waals surface area contributed by atoms with Crippen LogP contribution in [0.5, 0.6) is 0 Å². The molecule has 1 atom stereocenters. The van der Waals surface area contributed by atoms with Gasteiger partial charge in [-0.1, -0.05) is 0 Å². The Labute approximate surface area is 80.9 Å². The first-order valence-electron chi connectivity index (χ1n) is 4.11. The summed E-state index contributed by atoms with van der Waals surface area (Å²) < 4.78 is 9.96. The SMILES string of the molecule is COCc1ccc([C@H](O)CC(=O)O)o1. The van der Waals surface area contributed by atoms with Gasteiger partial charge in [-0.05, 0) is 12.1 Å². The molecule has 14 heavy (non-hydrogen) atoms. The fraction of sp³-hybridized carbons (Fsp3) is 0.444. The molecule has 0 saturated carbocycles. The number of hydrogen-bond donors (Lipinski definition) is 2. The summed E-state index contributed by atoms with van der Waals surface area (Å²) in [4.78, 5) is 10.3. The third-order valence-corrected chi connectivity index (χ3v) is 1.67. The normalized spacial score (nSPS) is 12.7. The number of aliphatic hydroxyl groups excluding tert-OH is 1. The molecule has 0 aliphatic heterocycles. The molecule has 0 fully saturated rings. The zero-order chi connectivity index (χ0) is 10.6. The molecule has 0 unspecified atom stereocenters. The lowest BCUT2D eigenvalue weighted by Crippen LogP contribution is -2.04. The smallest absolute Gasteiger partial charge is 0.306 e. The van der Waals surface area contributed by atoms with E-state index in [1.165, 1.54) is 7.11 Å². The molecule has 0 aliphatic carbocycles. The quantitative estimate of drug-likeness (QED) is 0.739. The molecule has 0 amide bonds. The Bertz CT molecular complexity index is 304. The topological polar surface area (TPSA) is 79.9 Å². The van der Waals surface area contributed by atoms with Gasteiger partial charge in [-0.3, -0.25) is 4.79 Å². The summed E-state index contributed by atoms with van der Waals surface area (Å²) in [5.41, 5.74) is 0. The highest BCUT2D eigenvalue weighted by atomic mass is 16.5. The van der Waals surface area contributed by atoms with Crippen molar-refractivity contribution in [2.75, 3.05) is 7.11 Å². The average Bonchev–Trinajstić information content (AvgIpc) is 2.52. The monoisotopic (exact) mass is 200 g/mol. The predicted octanol–water partition coefficient (Wildman–Crippen LogP) is 0.934. The molecule has 0 bridgehead atoms. The van der Waals surface area contributed by atoms with Gasteiger partial charge in [0, 0.05) is 7.11 Å². The minimum Gasteiger partial charge on any atom is -0.481 e. The van der Waals surface area contributed by atoms with E-state index in [0.29, 0.717) is 12.4 Å². The average molecular weight is 200 g/mol. The number of rotatable bonds is 5. The van der Waals surface area contributed by atoms with Crippen molar-refractivity contribution in [3.63, 3.8) is 0 Å². The number of carbonyl (C=O) groups is 1. The standard InChI is InChI=1S/C9H12O5/c1-13-5-6-2-3-8(14-6)7(10)4-9(11)12/h2-3,7,10H,4-5H2,1H3,(H,11,12)/t7-/m1/s1. The summed E-state index contributed by atoms with van der Waals surface area (Å²) in [6, 6.07) is 3.19. The van der Waals surface area contributed by atoms with E-state index in [9.17, 15) is 9.90 Å². The second-order valence-electron chi connectivity index (χ2n) is 2.85. The fourth-order valence-electron chi connectivity index (χ4n) is 1.06. The van der Waals surface area contributed by atoms with E-state index >= 15 is 0 Å². The number of ether oxygens (including phenoxy) is 1. The van der Waals surface area contributed by atoms with E-state index in [-0.39, 0.29) is 12.2 Å². The molecule has 5 nitrogen and oxygen atoms in total. The van der Waals surface area contributed by atoms with E-state index in [1.807, 2.05) is 0 Å². The Morgan fingerprint density at radius 2 is 2.36 bits per heavy atom. The van der Waals surface area contributed by atoms with Gasteiger partial charge in [0.2, 0.25) is 0 Å². The molecule has 0 aliphatic rings. The second-order valence-corrected chi connectivity index (χ2v) is 2.85. The lowest BCUT2D eigenvalue weighted by atomic mass is 10.2. The number of aliphatic carboxylic acids is 1. The number of furan rings is 1. The van der Waals surface area contributed by atoms with E-state index in [4.69, 9.17) is 14.3 Å². The van der Waals surface area contributed by atoms with Gasteiger partial charge in [-0.2, -0.15) is 0 Å². The molecule has 5 heteroatoms. The number of hydrogen-bond acceptors (Lipinski definition) is 4. The largest absolute Gasteiger partial charge is 0.481 e. The van der Waals surface area contributed by atoms with Gasteiger partial charge in [-0.15, -0.1) is 0 Å². The molecule has 78 valence electrons. The minimum absolute atomic E-state index is 0.249. The minimum atomic E-state index is -1.10. The molecule has 1 heterocycles. The molecule has 0 spiro atoms. The number of aliphatic hydroxyl groups is 1. The highest BCUT2D eigenvalue weighted by Gasteiger charge is 2.15. The van der Waals surface area contributed by atoms with Crippen LogP contribution in [0.3, 0.4) is 0 Å². The van der Waals surface area contributed by atoms with Gasteiger partial charge in [0.15, 0.2) is 0 Å². The maximum Gasteiger partial charge on any atom is 0.306 e. The Balaban J connectivity index is 2.61.